The summed E-state index contributed by atoms with van der Waals surface area (Å²) in [6, 6.07) is 8.30. The van der Waals surface area contributed by atoms with E-state index < -0.39 is 0 Å². The lowest BCUT2D eigenvalue weighted by Gasteiger charge is -2.10. The van der Waals surface area contributed by atoms with E-state index in [9.17, 15) is 0 Å². The smallest absolute Gasteiger partial charge is 0.324 e. The lowest BCUT2D eigenvalue weighted by Crippen LogP contribution is -2.04. The molecule has 0 amide bonds. The molecule has 1 aromatic heterocycles. The van der Waals surface area contributed by atoms with Gasteiger partial charge in [0.25, 0.3) is 0 Å². The highest BCUT2D eigenvalue weighted by molar-refractivity contribution is 7.98. The monoisotopic (exact) mass is 278 g/mol. The fourth-order valence-corrected chi connectivity index (χ4v) is 2.00. The van der Waals surface area contributed by atoms with Gasteiger partial charge < -0.3 is 14.8 Å². The Morgan fingerprint density at radius 2 is 1.63 bits per heavy atom. The van der Waals surface area contributed by atoms with Crippen molar-refractivity contribution in [2.75, 3.05) is 25.8 Å². The molecule has 1 aromatic carbocycles. The molecule has 0 aliphatic carbocycles. The molecular weight excluding hydrogens is 264 g/mol. The minimum Gasteiger partial charge on any atom is -0.467 e. The Labute approximate surface area is 115 Å². The molecule has 1 N–H and O–H groups in total. The van der Waals surface area contributed by atoms with Crippen LogP contribution in [0.1, 0.15) is 0 Å². The van der Waals surface area contributed by atoms with Gasteiger partial charge in [0.15, 0.2) is 0 Å². The molecule has 0 saturated carbocycles. The normalized spacial score (nSPS) is 10.1. The van der Waals surface area contributed by atoms with E-state index in [0.717, 1.165) is 10.6 Å². The van der Waals surface area contributed by atoms with Crippen LogP contribution in [0.25, 0.3) is 0 Å². The van der Waals surface area contributed by atoms with Gasteiger partial charge in [-0.15, -0.1) is 16.7 Å². The van der Waals surface area contributed by atoms with E-state index in [1.165, 1.54) is 14.2 Å². The molecule has 0 spiro atoms. The summed E-state index contributed by atoms with van der Waals surface area (Å²) >= 11 is 1.64. The number of anilines is 2. The highest BCUT2D eigenvalue weighted by atomic mass is 32.2. The van der Waals surface area contributed by atoms with Crippen LogP contribution in [0.4, 0.5) is 11.6 Å². The van der Waals surface area contributed by atoms with Crippen molar-refractivity contribution in [3.63, 3.8) is 0 Å². The highest BCUT2D eigenvalue weighted by Gasteiger charge is 2.08. The van der Waals surface area contributed by atoms with Crippen LogP contribution in [0.15, 0.2) is 29.2 Å². The molecule has 6 nitrogen and oxygen atoms in total. The Morgan fingerprint density at radius 1 is 1.00 bits per heavy atom. The van der Waals surface area contributed by atoms with Crippen LogP contribution in [-0.2, 0) is 0 Å². The number of hydrogen-bond donors (Lipinski definition) is 1. The van der Waals surface area contributed by atoms with E-state index in [0.29, 0.717) is 5.95 Å². The van der Waals surface area contributed by atoms with Gasteiger partial charge in [-0.1, -0.05) is 12.1 Å². The second-order valence-electron chi connectivity index (χ2n) is 3.46. The van der Waals surface area contributed by atoms with Crippen molar-refractivity contribution in [3.05, 3.63) is 24.3 Å². The first kappa shape index (κ1) is 13.4. The maximum Gasteiger partial charge on any atom is 0.324 e. The van der Waals surface area contributed by atoms with E-state index in [1.54, 1.807) is 11.8 Å². The van der Waals surface area contributed by atoms with Gasteiger partial charge in [-0.3, -0.25) is 0 Å². The average molecular weight is 278 g/mol. The van der Waals surface area contributed by atoms with E-state index in [4.69, 9.17) is 9.47 Å². The van der Waals surface area contributed by atoms with Gasteiger partial charge in [-0.25, -0.2) is 0 Å². The molecule has 2 aromatic rings. The molecule has 0 bridgehead atoms. The number of thioether (sulfide) groups is 1. The summed E-state index contributed by atoms with van der Waals surface area (Å²) in [6.45, 7) is 0. The molecule has 7 heteroatoms. The average Bonchev–Trinajstić information content (AvgIpc) is 2.47. The van der Waals surface area contributed by atoms with Crippen LogP contribution in [0.2, 0.25) is 0 Å². The van der Waals surface area contributed by atoms with E-state index >= 15 is 0 Å². The first-order chi connectivity index (χ1) is 9.26. The van der Waals surface area contributed by atoms with Gasteiger partial charge in [-0.05, 0) is 18.4 Å². The number of nitrogens with one attached hydrogen (secondary N) is 1. The number of nitrogens with zero attached hydrogens (tertiary/aromatic N) is 3. The minimum atomic E-state index is 0.205. The van der Waals surface area contributed by atoms with Gasteiger partial charge in [-0.2, -0.15) is 9.97 Å². The Hall–Kier alpha value is -2.02. The van der Waals surface area contributed by atoms with Crippen LogP contribution >= 0.6 is 11.8 Å². The minimum absolute atomic E-state index is 0.205. The van der Waals surface area contributed by atoms with Gasteiger partial charge in [0.05, 0.1) is 19.9 Å². The van der Waals surface area contributed by atoms with Crippen molar-refractivity contribution >= 4 is 23.4 Å². The SMILES string of the molecule is COc1nc(Nc2ccccc2SC)nc(OC)n1. The van der Waals surface area contributed by atoms with Gasteiger partial charge in [0.1, 0.15) is 0 Å². The number of benzene rings is 1. The van der Waals surface area contributed by atoms with E-state index in [2.05, 4.69) is 20.3 Å². The number of aromatic nitrogens is 3. The first-order valence-corrected chi connectivity index (χ1v) is 6.73. The largest absolute Gasteiger partial charge is 0.467 e. The van der Waals surface area contributed by atoms with Gasteiger partial charge in [0.2, 0.25) is 5.95 Å². The molecule has 100 valence electrons. The number of para-hydroxylation sites is 1. The molecule has 0 atom stereocenters. The topological polar surface area (TPSA) is 69.2 Å². The third kappa shape index (κ3) is 3.25. The van der Waals surface area contributed by atoms with E-state index in [-0.39, 0.29) is 12.0 Å². The Kier molecular flexibility index (Phi) is 4.40. The lowest BCUT2D eigenvalue weighted by atomic mass is 10.3. The summed E-state index contributed by atoms with van der Waals surface area (Å²) in [5.41, 5.74) is 0.922. The van der Waals surface area contributed by atoms with Gasteiger partial charge >= 0.3 is 12.0 Å². The molecule has 2 rings (SSSR count). The molecule has 0 radical (unpaired) electrons. The molecule has 0 unspecified atom stereocenters. The summed E-state index contributed by atoms with van der Waals surface area (Å²) < 4.78 is 10.0. The van der Waals surface area contributed by atoms with Crippen LogP contribution < -0.4 is 14.8 Å². The van der Waals surface area contributed by atoms with Crippen molar-refractivity contribution in [3.8, 4) is 12.0 Å². The Bertz CT molecular complexity index is 543. The number of hydrogen-bond acceptors (Lipinski definition) is 7. The fraction of sp³-hybridized carbons (Fsp3) is 0.250. The summed E-state index contributed by atoms with van der Waals surface area (Å²) in [5.74, 6) is 0.380. The maximum absolute atomic E-state index is 5.00. The van der Waals surface area contributed by atoms with E-state index in [1.807, 2.05) is 30.5 Å². The Morgan fingerprint density at radius 3 is 2.21 bits per heavy atom. The van der Waals surface area contributed by atoms with Crippen LogP contribution in [-0.4, -0.2) is 35.4 Å². The molecule has 19 heavy (non-hydrogen) atoms. The quantitative estimate of drug-likeness (QED) is 0.842. The molecule has 0 aliphatic rings. The summed E-state index contributed by atoms with van der Waals surface area (Å²) in [4.78, 5) is 13.3. The molecule has 0 aliphatic heterocycles. The van der Waals surface area contributed by atoms with Crippen molar-refractivity contribution < 1.29 is 9.47 Å². The van der Waals surface area contributed by atoms with Crippen LogP contribution in [0.5, 0.6) is 12.0 Å². The third-order valence-corrected chi connectivity index (χ3v) is 3.11. The summed E-state index contributed by atoms with van der Waals surface area (Å²) in [7, 11) is 2.99. The molecular formula is C12H14N4O2S. The standard InChI is InChI=1S/C12H14N4O2S/c1-17-11-14-10(15-12(16-11)18-2)13-8-6-4-5-7-9(8)19-3/h4-7H,1-3H3,(H,13,14,15,16). The zero-order valence-electron chi connectivity index (χ0n) is 10.9. The van der Waals surface area contributed by atoms with Crippen LogP contribution in [0, 0.1) is 0 Å². The number of methoxy groups -OCH3 is 2. The van der Waals surface area contributed by atoms with Crippen molar-refractivity contribution in [2.45, 2.75) is 4.90 Å². The zero-order valence-corrected chi connectivity index (χ0v) is 11.7. The predicted molar refractivity (Wildman–Crippen MR) is 74.4 cm³/mol. The predicted octanol–water partition coefficient (Wildman–Crippen LogP) is 2.35. The fourth-order valence-electron chi connectivity index (χ4n) is 1.44. The second-order valence-corrected chi connectivity index (χ2v) is 4.31. The lowest BCUT2D eigenvalue weighted by molar-refractivity contribution is 0.341. The summed E-state index contributed by atoms with van der Waals surface area (Å²) in [5, 5.41) is 3.13. The maximum atomic E-state index is 5.00. The summed E-state index contributed by atoms with van der Waals surface area (Å²) in [6.07, 6.45) is 2.01. The highest BCUT2D eigenvalue weighted by Crippen LogP contribution is 2.27. The number of rotatable bonds is 5. The molecule has 0 fully saturated rings. The molecule has 0 saturated heterocycles. The van der Waals surface area contributed by atoms with Crippen molar-refractivity contribution in [1.29, 1.82) is 0 Å². The zero-order chi connectivity index (χ0) is 13.7. The third-order valence-electron chi connectivity index (χ3n) is 2.31. The molecule has 1 heterocycles. The Balaban J connectivity index is 2.32. The number of ether oxygens (including phenoxy) is 2. The second kappa shape index (κ2) is 6.24. The van der Waals surface area contributed by atoms with Crippen LogP contribution in [0.3, 0.4) is 0 Å². The van der Waals surface area contributed by atoms with Crippen molar-refractivity contribution in [1.82, 2.24) is 15.0 Å². The van der Waals surface area contributed by atoms with Gasteiger partial charge in [0, 0.05) is 4.90 Å². The van der Waals surface area contributed by atoms with Crippen molar-refractivity contribution in [2.24, 2.45) is 0 Å². The first-order valence-electron chi connectivity index (χ1n) is 5.51.